The minimum atomic E-state index is -0.886. The molecule has 1 N–H and O–H groups in total. The summed E-state index contributed by atoms with van der Waals surface area (Å²) in [6, 6.07) is -0.683. The van der Waals surface area contributed by atoms with Gasteiger partial charge in [0.2, 0.25) is 0 Å². The Bertz CT molecular complexity index is 361. The molecule has 16 heavy (non-hydrogen) atoms. The SMILES string of the molecule is CCC(C)C(C(=O)O)n1nnnc1C(C)C. The molecule has 0 saturated carbocycles. The van der Waals surface area contributed by atoms with E-state index in [0.29, 0.717) is 5.82 Å². The number of hydrogen-bond donors (Lipinski definition) is 1. The second kappa shape index (κ2) is 5.05. The maximum Gasteiger partial charge on any atom is 0.328 e. The summed E-state index contributed by atoms with van der Waals surface area (Å²) in [5.74, 6) is -0.157. The van der Waals surface area contributed by atoms with Gasteiger partial charge in [-0.3, -0.25) is 0 Å². The van der Waals surface area contributed by atoms with E-state index >= 15 is 0 Å². The summed E-state index contributed by atoms with van der Waals surface area (Å²) < 4.78 is 1.43. The van der Waals surface area contributed by atoms with Crippen molar-refractivity contribution in [3.05, 3.63) is 5.82 Å². The lowest BCUT2D eigenvalue weighted by Gasteiger charge is -2.20. The molecule has 0 amide bonds. The molecule has 0 aliphatic heterocycles. The van der Waals surface area contributed by atoms with Crippen LogP contribution in [0.15, 0.2) is 0 Å². The minimum Gasteiger partial charge on any atom is -0.480 e. The van der Waals surface area contributed by atoms with Crippen molar-refractivity contribution in [3.8, 4) is 0 Å². The number of aromatic nitrogens is 4. The Kier molecular flexibility index (Phi) is 3.98. The molecule has 0 fully saturated rings. The molecule has 6 nitrogen and oxygen atoms in total. The van der Waals surface area contributed by atoms with Gasteiger partial charge in [0, 0.05) is 5.92 Å². The fraction of sp³-hybridized carbons (Fsp3) is 0.800. The van der Waals surface area contributed by atoms with Crippen LogP contribution >= 0.6 is 0 Å². The zero-order chi connectivity index (χ0) is 12.3. The Hall–Kier alpha value is -1.46. The van der Waals surface area contributed by atoms with E-state index in [1.165, 1.54) is 4.68 Å². The third kappa shape index (κ3) is 2.37. The number of tetrazole rings is 1. The van der Waals surface area contributed by atoms with E-state index in [2.05, 4.69) is 15.5 Å². The van der Waals surface area contributed by atoms with Crippen molar-refractivity contribution >= 4 is 5.97 Å². The highest BCUT2D eigenvalue weighted by Gasteiger charge is 2.29. The predicted octanol–water partition coefficient (Wildman–Crippen LogP) is 1.47. The average Bonchev–Trinajstić information content (AvgIpc) is 2.66. The van der Waals surface area contributed by atoms with E-state index in [-0.39, 0.29) is 11.8 Å². The van der Waals surface area contributed by atoms with Gasteiger partial charge in [0.1, 0.15) is 0 Å². The lowest BCUT2D eigenvalue weighted by Crippen LogP contribution is -2.28. The largest absolute Gasteiger partial charge is 0.480 e. The number of carbonyl (C=O) groups is 1. The van der Waals surface area contributed by atoms with Gasteiger partial charge in [0.25, 0.3) is 0 Å². The number of hydrogen-bond acceptors (Lipinski definition) is 4. The van der Waals surface area contributed by atoms with Crippen LogP contribution < -0.4 is 0 Å². The molecule has 0 saturated heterocycles. The Balaban J connectivity index is 3.11. The van der Waals surface area contributed by atoms with Gasteiger partial charge >= 0.3 is 5.97 Å². The van der Waals surface area contributed by atoms with E-state index in [9.17, 15) is 9.90 Å². The van der Waals surface area contributed by atoms with Crippen LogP contribution in [0.25, 0.3) is 0 Å². The molecule has 2 unspecified atom stereocenters. The summed E-state index contributed by atoms with van der Waals surface area (Å²) in [7, 11) is 0. The van der Waals surface area contributed by atoms with Crippen molar-refractivity contribution < 1.29 is 9.90 Å². The second-order valence-electron chi connectivity index (χ2n) is 4.30. The molecule has 6 heteroatoms. The lowest BCUT2D eigenvalue weighted by molar-refractivity contribution is -0.143. The first-order chi connectivity index (χ1) is 7.49. The Morgan fingerprint density at radius 3 is 2.50 bits per heavy atom. The summed E-state index contributed by atoms with van der Waals surface area (Å²) in [6.07, 6.45) is 0.772. The van der Waals surface area contributed by atoms with Gasteiger partial charge in [-0.1, -0.05) is 34.1 Å². The third-order valence-corrected chi connectivity index (χ3v) is 2.73. The molecule has 2 atom stereocenters. The van der Waals surface area contributed by atoms with Gasteiger partial charge in [-0.15, -0.1) is 5.10 Å². The van der Waals surface area contributed by atoms with Gasteiger partial charge in [-0.25, -0.2) is 9.48 Å². The molecule has 1 aromatic rings. The zero-order valence-electron chi connectivity index (χ0n) is 10.1. The quantitative estimate of drug-likeness (QED) is 0.822. The van der Waals surface area contributed by atoms with Gasteiger partial charge in [0.15, 0.2) is 11.9 Å². The first kappa shape index (κ1) is 12.6. The Morgan fingerprint density at radius 2 is 2.06 bits per heavy atom. The number of rotatable bonds is 5. The molecule has 1 rings (SSSR count). The Labute approximate surface area is 94.7 Å². The standard InChI is InChI=1S/C10H18N4O2/c1-5-7(4)8(10(15)16)14-9(6(2)3)11-12-13-14/h6-8H,5H2,1-4H3,(H,15,16). The van der Waals surface area contributed by atoms with Crippen LogP contribution in [0.2, 0.25) is 0 Å². The van der Waals surface area contributed by atoms with Crippen LogP contribution in [0.5, 0.6) is 0 Å². The third-order valence-electron chi connectivity index (χ3n) is 2.73. The highest BCUT2D eigenvalue weighted by molar-refractivity contribution is 5.72. The minimum absolute atomic E-state index is 0.00139. The maximum atomic E-state index is 11.3. The highest BCUT2D eigenvalue weighted by Crippen LogP contribution is 2.23. The van der Waals surface area contributed by atoms with Crippen molar-refractivity contribution in [3.63, 3.8) is 0 Å². The predicted molar refractivity (Wildman–Crippen MR) is 58.0 cm³/mol. The maximum absolute atomic E-state index is 11.3. The van der Waals surface area contributed by atoms with E-state index in [0.717, 1.165) is 6.42 Å². The molecule has 1 heterocycles. The molecule has 0 aliphatic carbocycles. The highest BCUT2D eigenvalue weighted by atomic mass is 16.4. The molecule has 1 aromatic heterocycles. The van der Waals surface area contributed by atoms with E-state index in [1.807, 2.05) is 27.7 Å². The normalized spacial score (nSPS) is 15.1. The lowest BCUT2D eigenvalue weighted by atomic mass is 9.99. The topological polar surface area (TPSA) is 80.9 Å². The summed E-state index contributed by atoms with van der Waals surface area (Å²) in [5, 5.41) is 20.5. The number of nitrogens with zero attached hydrogens (tertiary/aromatic N) is 4. The smallest absolute Gasteiger partial charge is 0.328 e. The van der Waals surface area contributed by atoms with Crippen LogP contribution in [-0.4, -0.2) is 31.3 Å². The Morgan fingerprint density at radius 1 is 1.44 bits per heavy atom. The first-order valence-corrected chi connectivity index (χ1v) is 5.49. The van der Waals surface area contributed by atoms with Crippen molar-refractivity contribution in [2.45, 2.75) is 46.1 Å². The number of carboxylic acids is 1. The first-order valence-electron chi connectivity index (χ1n) is 5.49. The zero-order valence-corrected chi connectivity index (χ0v) is 10.1. The second-order valence-corrected chi connectivity index (χ2v) is 4.30. The van der Waals surface area contributed by atoms with Gasteiger partial charge in [0.05, 0.1) is 0 Å². The van der Waals surface area contributed by atoms with E-state index < -0.39 is 12.0 Å². The van der Waals surface area contributed by atoms with Crippen molar-refractivity contribution in [2.75, 3.05) is 0 Å². The van der Waals surface area contributed by atoms with Crippen LogP contribution in [-0.2, 0) is 4.79 Å². The summed E-state index contributed by atoms with van der Waals surface area (Å²) in [4.78, 5) is 11.3. The molecule has 0 spiro atoms. The monoisotopic (exact) mass is 226 g/mol. The molecular formula is C10H18N4O2. The molecule has 0 aliphatic rings. The molecule has 0 aromatic carbocycles. The van der Waals surface area contributed by atoms with Crippen LogP contribution in [0.3, 0.4) is 0 Å². The summed E-state index contributed by atoms with van der Waals surface area (Å²) >= 11 is 0. The van der Waals surface area contributed by atoms with Gasteiger partial charge in [-0.05, 0) is 16.3 Å². The molecule has 0 radical (unpaired) electrons. The van der Waals surface area contributed by atoms with Crippen molar-refractivity contribution in [2.24, 2.45) is 5.92 Å². The molecule has 0 bridgehead atoms. The summed E-state index contributed by atoms with van der Waals surface area (Å²) in [5.41, 5.74) is 0. The van der Waals surface area contributed by atoms with E-state index in [4.69, 9.17) is 0 Å². The van der Waals surface area contributed by atoms with Crippen molar-refractivity contribution in [1.82, 2.24) is 20.2 Å². The van der Waals surface area contributed by atoms with E-state index in [1.54, 1.807) is 0 Å². The number of aliphatic carboxylic acids is 1. The van der Waals surface area contributed by atoms with Crippen LogP contribution in [0.1, 0.15) is 51.9 Å². The fourth-order valence-corrected chi connectivity index (χ4v) is 1.59. The van der Waals surface area contributed by atoms with Gasteiger partial charge < -0.3 is 5.11 Å². The van der Waals surface area contributed by atoms with Crippen LogP contribution in [0.4, 0.5) is 0 Å². The average molecular weight is 226 g/mol. The van der Waals surface area contributed by atoms with Crippen molar-refractivity contribution in [1.29, 1.82) is 0 Å². The molecule has 90 valence electrons. The van der Waals surface area contributed by atoms with Gasteiger partial charge in [-0.2, -0.15) is 0 Å². The summed E-state index contributed by atoms with van der Waals surface area (Å²) in [6.45, 7) is 7.74. The number of carboxylic acid groups (broad SMARTS) is 1. The van der Waals surface area contributed by atoms with Crippen LogP contribution in [0, 0.1) is 5.92 Å². The molecular weight excluding hydrogens is 208 g/mol. The fourth-order valence-electron chi connectivity index (χ4n) is 1.59.